The van der Waals surface area contributed by atoms with E-state index in [-0.39, 0.29) is 192 Å². The molecule has 12 rings (SSSR count). The van der Waals surface area contributed by atoms with E-state index in [2.05, 4.69) is 540 Å². The summed E-state index contributed by atoms with van der Waals surface area (Å²) in [7, 11) is 0. The first-order valence-electron chi connectivity index (χ1n) is 47.3. The molecule has 0 saturated carbocycles. The van der Waals surface area contributed by atoms with Crippen molar-refractivity contribution >= 4 is 43.9 Å². The van der Waals surface area contributed by atoms with E-state index >= 15 is 0 Å². The zero-order valence-electron chi connectivity index (χ0n) is 90.1. The van der Waals surface area contributed by atoms with Gasteiger partial charge in [0.2, 0.25) is 0 Å². The van der Waals surface area contributed by atoms with Crippen LogP contribution in [0.25, 0.3) is 0 Å². The van der Waals surface area contributed by atoms with Crippen LogP contribution in [0.4, 0.5) is 10.4 Å². The summed E-state index contributed by atoms with van der Waals surface area (Å²) < 4.78 is 125. The second-order valence-electron chi connectivity index (χ2n) is 46.9. The molecule has 0 aliphatic carbocycles. The Morgan fingerprint density at radius 1 is 0.135 bits per heavy atom. The van der Waals surface area contributed by atoms with E-state index in [1.807, 2.05) is 0 Å². The van der Waals surface area contributed by atoms with Gasteiger partial charge in [-0.15, -0.1) is 0 Å². The molecule has 0 atom stereocenters. The second-order valence-corrected chi connectivity index (χ2v) is 70.5. The Morgan fingerprint density at radius 3 is 0.213 bits per heavy atom. The van der Waals surface area contributed by atoms with E-state index < -0.39 is 43.9 Å². The van der Waals surface area contributed by atoms with Gasteiger partial charge >= 0.3 is 217 Å². The van der Waals surface area contributed by atoms with Crippen molar-refractivity contribution < 1.29 is 173 Å². The average Bonchev–Trinajstić information content (AvgIpc) is 0.846. The first-order chi connectivity index (χ1) is 64.0. The fraction of sp³-hybridized carbons (Fsp3) is 0.400. The van der Waals surface area contributed by atoms with Crippen LogP contribution in [0.5, 0.6) is 0 Å². The Bertz CT molecular complexity index is 4590. The van der Waals surface area contributed by atoms with Gasteiger partial charge in [0, 0.05) is 0 Å². The van der Waals surface area contributed by atoms with Crippen molar-refractivity contribution in [2.45, 2.75) is 314 Å². The number of benzene rings is 12. The third kappa shape index (κ3) is 54.1. The first kappa shape index (κ1) is 129. The van der Waals surface area contributed by atoms with Crippen LogP contribution in [0.3, 0.4) is 0 Å². The zero-order valence-corrected chi connectivity index (χ0v) is 109. The summed E-state index contributed by atoms with van der Waals surface area (Å²) >= 11 is -18.8. The molecule has 0 aliphatic heterocycles. The van der Waals surface area contributed by atoms with E-state index in [0.29, 0.717) is 0 Å². The normalized spacial score (nSPS) is 12.4. The van der Waals surface area contributed by atoms with E-state index in [0.717, 1.165) is 0 Å². The van der Waals surface area contributed by atoms with Gasteiger partial charge in [0.1, 0.15) is 0 Å². The van der Waals surface area contributed by atoms with Crippen LogP contribution >= 0.6 is 0 Å². The monoisotopic (exact) mass is 2780 g/mol. The Morgan fingerprint density at radius 2 is 0.177 bits per heavy atom. The number of rotatable bonds is 12. The van der Waals surface area contributed by atoms with Gasteiger partial charge in [0.05, 0.1) is 0 Å². The number of hydrogen-bond acceptors (Lipinski definition) is 9. The molecular weight excluding hydrogens is 2630 g/mol. The molecule has 0 amide bonds. The summed E-state index contributed by atoms with van der Waals surface area (Å²) in [5.74, 6) is 0. The standard InChI is InChI=1S/6C20H26I.3AsFH2O3/c6*1-19(2,3)15-7-11-17(12-8-15)21-18-13-9-16(10-14-18)20(4,5)6;3*2-1(3,4)5/h6*7-14H,1-6H3;3*(H2,3,4,5)/q6*+1;;;/p-6. The van der Waals surface area contributed by atoms with Gasteiger partial charge in [-0.2, -0.15) is 0 Å². The molecular formula is C120H156As3F3I6O9. The van der Waals surface area contributed by atoms with Gasteiger partial charge in [-0.05, 0) is 277 Å². The topological polar surface area (TPSA) is 190 Å². The summed E-state index contributed by atoms with van der Waals surface area (Å²) in [6.07, 6.45) is 0. The average molecular weight is 2790 g/mol. The number of hydrogen-bond donors (Lipinski definition) is 0. The van der Waals surface area contributed by atoms with Gasteiger partial charge in [-0.3, -0.25) is 0 Å². The maximum atomic E-state index is 10.2. The molecule has 0 radical (unpaired) electrons. The summed E-state index contributed by atoms with van der Waals surface area (Å²) in [5.41, 5.74) is 19.9. The van der Waals surface area contributed by atoms with E-state index in [9.17, 15) is 10.4 Å². The predicted molar refractivity (Wildman–Crippen MR) is 549 cm³/mol. The molecule has 0 aliphatic rings. The van der Waals surface area contributed by atoms with Crippen LogP contribution in [-0.4, -0.2) is 43.9 Å². The Hall–Kier alpha value is -4.35. The predicted octanol–water partition coefficient (Wildman–Crippen LogP) is 7.09. The van der Waals surface area contributed by atoms with Gasteiger partial charge in [-0.1, -0.05) is 395 Å². The van der Waals surface area contributed by atoms with Crippen LogP contribution < -0.4 is 152 Å². The van der Waals surface area contributed by atoms with E-state index in [4.69, 9.17) is 35.8 Å². The fourth-order valence-corrected chi connectivity index (χ4v) is 25.9. The summed E-state index contributed by atoms with van der Waals surface area (Å²) in [6.45, 7) is 81.6. The summed E-state index contributed by atoms with van der Waals surface area (Å²) in [6, 6.07) is 110. The SMILES string of the molecule is CC(C)(C)c1ccc([I+]c2ccc(C(C)(C)C)cc2)cc1.CC(C)(C)c1ccc([I+]c2ccc(C(C)(C)C)cc2)cc1.CC(C)(C)c1ccc([I+]c2ccc(C(C)(C)C)cc2)cc1.CC(C)(C)c1ccc([I+]c2ccc(C(C)(C)C)cc2)cc1.CC(C)(C)c1ccc([I+]c2ccc(C(C)(C)C)cc2)cc1.CC(C)(C)c1ccc([I+]c2ccc(C(C)(C)C)cc2)cc1.O=[As]([O-])([O-])F.O=[As]([O-])([O-])F.O=[As]([O-])([O-])F. The van der Waals surface area contributed by atoms with Crippen LogP contribution in [0, 0.1) is 42.8 Å². The quantitative estimate of drug-likeness (QED) is 0.0909. The van der Waals surface area contributed by atoms with Crippen LogP contribution in [0.2, 0.25) is 0 Å². The molecule has 0 aromatic heterocycles. The minimum atomic E-state index is -6.12. The van der Waals surface area contributed by atoms with Gasteiger partial charge in [0.15, 0.2) is 42.8 Å². The van der Waals surface area contributed by atoms with Crippen molar-refractivity contribution in [1.29, 1.82) is 0 Å². The molecule has 768 valence electrons. The molecule has 12 aromatic carbocycles. The van der Waals surface area contributed by atoms with E-state index in [1.54, 1.807) is 0 Å². The van der Waals surface area contributed by atoms with Gasteiger partial charge < -0.3 is 0 Å². The molecule has 0 fully saturated rings. The second kappa shape index (κ2) is 54.9. The van der Waals surface area contributed by atoms with Gasteiger partial charge in [0.25, 0.3) is 0 Å². The molecule has 141 heavy (non-hydrogen) atoms. The summed E-state index contributed by atoms with van der Waals surface area (Å²) in [5, 5.41) is 0. The molecule has 21 heteroatoms. The van der Waals surface area contributed by atoms with Gasteiger partial charge in [-0.25, -0.2) is 0 Å². The maximum absolute atomic E-state index is 10.2. The molecule has 0 saturated heterocycles. The molecule has 0 heterocycles. The third-order valence-corrected chi connectivity index (χ3v) is 37.9. The first-order valence-corrected chi connectivity index (χ1v) is 69.2. The summed E-state index contributed by atoms with van der Waals surface area (Å²) in [4.78, 5) is 0. The third-order valence-electron chi connectivity index (χ3n) is 21.8. The van der Waals surface area contributed by atoms with Crippen molar-refractivity contribution in [3.63, 3.8) is 0 Å². The molecule has 0 N–H and O–H groups in total. The van der Waals surface area contributed by atoms with Crippen molar-refractivity contribution in [1.82, 2.24) is 0 Å². The Balaban J connectivity index is 0.000000342. The van der Waals surface area contributed by atoms with Crippen molar-refractivity contribution in [3.8, 4) is 0 Å². The molecule has 9 nitrogen and oxygen atoms in total. The van der Waals surface area contributed by atoms with Crippen LogP contribution in [-0.2, 0) is 76.2 Å². The Kier molecular flexibility index (Phi) is 50.2. The zero-order chi connectivity index (χ0) is 108. The van der Waals surface area contributed by atoms with Crippen LogP contribution in [0.15, 0.2) is 291 Å². The number of halogens is 9. The fourth-order valence-electron chi connectivity index (χ4n) is 12.9. The van der Waals surface area contributed by atoms with Crippen molar-refractivity contribution in [3.05, 3.63) is 401 Å². The molecule has 12 aromatic rings. The van der Waals surface area contributed by atoms with Crippen molar-refractivity contribution in [2.75, 3.05) is 0 Å². The van der Waals surface area contributed by atoms with Crippen molar-refractivity contribution in [2.24, 2.45) is 0 Å². The molecule has 0 spiro atoms. The van der Waals surface area contributed by atoms with Crippen LogP contribution in [0.1, 0.15) is 316 Å². The molecule has 0 unspecified atom stereocenters. The Labute approximate surface area is 921 Å². The van der Waals surface area contributed by atoms with E-state index in [1.165, 1.54) is 110 Å². The molecule has 0 bridgehead atoms. The minimum absolute atomic E-state index is 0.0703.